The molecule has 6 aromatic rings. The Morgan fingerprint density at radius 3 is 2.05 bits per heavy atom. The number of hydrogen-bond donors (Lipinski definition) is 0. The number of halogens is 1. The molecule has 0 amide bonds. The fraction of sp³-hybridized carbons (Fsp3) is 0. The fourth-order valence-electron chi connectivity index (χ4n) is 5.29. The van der Waals surface area contributed by atoms with Gasteiger partial charge < -0.3 is 4.74 Å². The number of aromatic nitrogens is 1. The maximum absolute atomic E-state index is 14.1. The van der Waals surface area contributed by atoms with E-state index in [1.54, 1.807) is 28.8 Å². The van der Waals surface area contributed by atoms with Crippen LogP contribution in [-0.2, 0) is 0 Å². The van der Waals surface area contributed by atoms with Gasteiger partial charge in [-0.2, -0.15) is 0 Å². The highest BCUT2D eigenvalue weighted by molar-refractivity contribution is 6.32. The number of benzene rings is 5. The van der Waals surface area contributed by atoms with Gasteiger partial charge in [0.15, 0.2) is 5.78 Å². The third-order valence-electron chi connectivity index (χ3n) is 6.86. The van der Waals surface area contributed by atoms with Gasteiger partial charge in [-0.25, -0.2) is 0 Å². The standard InChI is InChI=1S/C32H18ClNO3/c33-19-14-16-20(17-15-19)34-27(35)18-26-22-10-4-6-12-24(22)31(36)29-28(26)30(34)23-11-5-7-13-25(23)32(29)37-21-8-2-1-3-9-21/h1-18H. The first-order chi connectivity index (χ1) is 18.1. The molecule has 5 heteroatoms. The van der Waals surface area contributed by atoms with Crippen LogP contribution in [0.15, 0.2) is 114 Å². The zero-order valence-electron chi connectivity index (χ0n) is 19.4. The minimum Gasteiger partial charge on any atom is -0.456 e. The Labute approximate surface area is 216 Å². The highest BCUT2D eigenvalue weighted by Gasteiger charge is 2.32. The van der Waals surface area contributed by atoms with E-state index in [1.807, 2.05) is 84.9 Å². The van der Waals surface area contributed by atoms with Gasteiger partial charge in [0, 0.05) is 38.5 Å². The molecule has 0 saturated carbocycles. The lowest BCUT2D eigenvalue weighted by Gasteiger charge is -2.26. The Kier molecular flexibility index (Phi) is 4.78. The van der Waals surface area contributed by atoms with Crippen molar-refractivity contribution in [2.45, 2.75) is 0 Å². The van der Waals surface area contributed by atoms with Crippen LogP contribution in [0.25, 0.3) is 38.5 Å². The molecule has 176 valence electrons. The molecule has 4 nitrogen and oxygen atoms in total. The first-order valence-corrected chi connectivity index (χ1v) is 12.3. The number of carbonyl (C=O) groups is 1. The monoisotopic (exact) mass is 499 g/mol. The molecule has 1 aliphatic carbocycles. The summed E-state index contributed by atoms with van der Waals surface area (Å²) in [6.45, 7) is 0. The number of fused-ring (bicyclic) bond motifs is 4. The van der Waals surface area contributed by atoms with E-state index < -0.39 is 0 Å². The molecule has 37 heavy (non-hydrogen) atoms. The average Bonchev–Trinajstić information content (AvgIpc) is 2.93. The fourth-order valence-corrected chi connectivity index (χ4v) is 5.42. The molecule has 0 fully saturated rings. The molecule has 5 aromatic carbocycles. The Morgan fingerprint density at radius 1 is 0.649 bits per heavy atom. The van der Waals surface area contributed by atoms with Crippen molar-refractivity contribution in [1.82, 2.24) is 4.57 Å². The summed E-state index contributed by atoms with van der Waals surface area (Å²) in [5.41, 5.74) is 3.60. The van der Waals surface area contributed by atoms with Gasteiger partial charge in [0.2, 0.25) is 0 Å². The average molecular weight is 500 g/mol. The van der Waals surface area contributed by atoms with Crippen molar-refractivity contribution < 1.29 is 9.53 Å². The van der Waals surface area contributed by atoms with Crippen LogP contribution in [0.4, 0.5) is 0 Å². The molecule has 0 radical (unpaired) electrons. The summed E-state index contributed by atoms with van der Waals surface area (Å²) in [5.74, 6) is 0.977. The van der Waals surface area contributed by atoms with E-state index in [2.05, 4.69) is 0 Å². The first-order valence-electron chi connectivity index (χ1n) is 11.9. The predicted octanol–water partition coefficient (Wildman–Crippen LogP) is 7.80. The summed E-state index contributed by atoms with van der Waals surface area (Å²) in [6.07, 6.45) is 0. The van der Waals surface area contributed by atoms with E-state index in [9.17, 15) is 9.59 Å². The van der Waals surface area contributed by atoms with Crippen LogP contribution in [0, 0.1) is 0 Å². The van der Waals surface area contributed by atoms with Gasteiger partial charge in [0.05, 0.1) is 11.1 Å². The van der Waals surface area contributed by atoms with Crippen LogP contribution >= 0.6 is 11.6 Å². The minimum atomic E-state index is -0.193. The van der Waals surface area contributed by atoms with Crippen molar-refractivity contribution in [3.05, 3.63) is 136 Å². The molecule has 0 N–H and O–H groups in total. The topological polar surface area (TPSA) is 48.3 Å². The number of pyridine rings is 1. The molecule has 0 bridgehead atoms. The SMILES string of the molecule is O=C1c2ccccc2-c2cc(=O)n(-c3ccc(Cl)cc3)c3c2c1c(Oc1ccccc1)c1ccccc13. The minimum absolute atomic E-state index is 0.133. The van der Waals surface area contributed by atoms with Crippen LogP contribution in [0.3, 0.4) is 0 Å². The van der Waals surface area contributed by atoms with E-state index in [0.717, 1.165) is 21.9 Å². The Hall–Kier alpha value is -4.67. The normalized spacial score (nSPS) is 12.1. The zero-order chi connectivity index (χ0) is 25.1. The quantitative estimate of drug-likeness (QED) is 0.233. The molecule has 0 unspecified atom stereocenters. The van der Waals surface area contributed by atoms with Gasteiger partial charge >= 0.3 is 0 Å². The molecule has 0 spiro atoms. The summed E-state index contributed by atoms with van der Waals surface area (Å²) in [5, 5.41) is 2.84. The summed E-state index contributed by atoms with van der Waals surface area (Å²) in [6, 6.07) is 33.3. The largest absolute Gasteiger partial charge is 0.456 e. The number of nitrogens with zero attached hydrogens (tertiary/aromatic N) is 1. The lowest BCUT2D eigenvalue weighted by atomic mass is 9.82. The number of ketones is 1. The predicted molar refractivity (Wildman–Crippen MR) is 147 cm³/mol. The second-order valence-corrected chi connectivity index (χ2v) is 9.41. The summed E-state index contributed by atoms with van der Waals surface area (Å²) in [4.78, 5) is 27.9. The Bertz CT molecular complexity index is 1940. The lowest BCUT2D eigenvalue weighted by molar-refractivity contribution is 0.103. The maximum Gasteiger partial charge on any atom is 0.256 e. The van der Waals surface area contributed by atoms with Crippen LogP contribution in [-0.4, -0.2) is 10.4 Å². The number of para-hydroxylation sites is 1. The van der Waals surface area contributed by atoms with Gasteiger partial charge in [-0.1, -0.05) is 78.3 Å². The maximum atomic E-state index is 14.1. The van der Waals surface area contributed by atoms with Crippen molar-refractivity contribution in [1.29, 1.82) is 0 Å². The van der Waals surface area contributed by atoms with Crippen molar-refractivity contribution in [2.24, 2.45) is 0 Å². The third kappa shape index (κ3) is 3.23. The van der Waals surface area contributed by atoms with Crippen LogP contribution in [0.1, 0.15) is 15.9 Å². The van der Waals surface area contributed by atoms with Gasteiger partial charge in [-0.15, -0.1) is 0 Å². The van der Waals surface area contributed by atoms with Crippen LogP contribution < -0.4 is 10.3 Å². The molecule has 1 aromatic heterocycles. The molecule has 7 rings (SSSR count). The van der Waals surface area contributed by atoms with E-state index >= 15 is 0 Å². The number of hydrogen-bond acceptors (Lipinski definition) is 3. The molecular formula is C32H18ClNO3. The Morgan fingerprint density at radius 2 is 1.30 bits per heavy atom. The van der Waals surface area contributed by atoms with Crippen molar-refractivity contribution >= 4 is 39.1 Å². The van der Waals surface area contributed by atoms with Crippen LogP contribution in [0.2, 0.25) is 5.02 Å². The second kappa shape index (κ2) is 8.19. The molecule has 0 saturated heterocycles. The second-order valence-electron chi connectivity index (χ2n) is 8.97. The summed E-state index contributed by atoms with van der Waals surface area (Å²) < 4.78 is 8.12. The van der Waals surface area contributed by atoms with Crippen molar-refractivity contribution in [3.63, 3.8) is 0 Å². The highest BCUT2D eigenvalue weighted by Crippen LogP contribution is 2.48. The highest BCUT2D eigenvalue weighted by atomic mass is 35.5. The number of rotatable bonds is 3. The lowest BCUT2D eigenvalue weighted by Crippen LogP contribution is -2.22. The van der Waals surface area contributed by atoms with Gasteiger partial charge in [-0.3, -0.25) is 14.2 Å². The van der Waals surface area contributed by atoms with E-state index in [-0.39, 0.29) is 11.3 Å². The number of carbonyl (C=O) groups excluding carboxylic acids is 1. The van der Waals surface area contributed by atoms with Gasteiger partial charge in [0.1, 0.15) is 11.5 Å². The van der Waals surface area contributed by atoms with Crippen molar-refractivity contribution in [2.75, 3.05) is 0 Å². The zero-order valence-corrected chi connectivity index (χ0v) is 20.2. The smallest absolute Gasteiger partial charge is 0.256 e. The van der Waals surface area contributed by atoms with E-state index in [1.165, 1.54) is 0 Å². The van der Waals surface area contributed by atoms with Crippen LogP contribution in [0.5, 0.6) is 11.5 Å². The molecule has 1 aliphatic rings. The van der Waals surface area contributed by atoms with E-state index in [4.69, 9.17) is 16.3 Å². The Balaban J connectivity index is 1.72. The van der Waals surface area contributed by atoms with E-state index in [0.29, 0.717) is 44.2 Å². The third-order valence-corrected chi connectivity index (χ3v) is 7.11. The van der Waals surface area contributed by atoms with Gasteiger partial charge in [-0.05, 0) is 47.5 Å². The van der Waals surface area contributed by atoms with Crippen molar-refractivity contribution in [3.8, 4) is 28.3 Å². The van der Waals surface area contributed by atoms with Gasteiger partial charge in [0.25, 0.3) is 5.56 Å². The first kappa shape index (κ1) is 21.6. The number of ether oxygens (including phenoxy) is 1. The molecular weight excluding hydrogens is 482 g/mol. The molecule has 1 heterocycles. The molecule has 0 aliphatic heterocycles. The summed E-state index contributed by atoms with van der Waals surface area (Å²) >= 11 is 6.16. The summed E-state index contributed by atoms with van der Waals surface area (Å²) in [7, 11) is 0. The molecule has 0 atom stereocenters.